The molecule has 1 saturated carbocycles. The van der Waals surface area contributed by atoms with Gasteiger partial charge in [0.1, 0.15) is 0 Å². The fourth-order valence-electron chi connectivity index (χ4n) is 4.65. The fourth-order valence-corrected chi connectivity index (χ4v) is 5.19. The quantitative estimate of drug-likeness (QED) is 0.757. The number of carbonyl (C=O) groups excluding carboxylic acids is 1. The molecule has 0 aromatic heterocycles. The minimum Gasteiger partial charge on any atom is -0.356 e. The smallest absolute Gasteiger partial charge is 0.223 e. The maximum atomic E-state index is 12.2. The van der Waals surface area contributed by atoms with Crippen molar-refractivity contribution in [2.24, 2.45) is 11.8 Å². The lowest BCUT2D eigenvalue weighted by Crippen LogP contribution is -2.32. The second-order valence-corrected chi connectivity index (χ2v) is 8.15. The number of hydrogen-bond acceptors (Lipinski definition) is 1. The molecule has 1 aliphatic heterocycles. The highest BCUT2D eigenvalue weighted by atomic mass is 35.5. The van der Waals surface area contributed by atoms with Crippen LogP contribution in [0.25, 0.3) is 0 Å². The summed E-state index contributed by atoms with van der Waals surface area (Å²) in [5.41, 5.74) is 3.71. The van der Waals surface area contributed by atoms with Gasteiger partial charge in [-0.15, -0.1) is 0 Å². The Morgan fingerprint density at radius 3 is 2.44 bits per heavy atom. The first-order valence-corrected chi connectivity index (χ1v) is 9.59. The lowest BCUT2D eigenvalue weighted by molar-refractivity contribution is -0.123. The van der Waals surface area contributed by atoms with Gasteiger partial charge in [-0.25, -0.2) is 0 Å². The van der Waals surface area contributed by atoms with Crippen molar-refractivity contribution in [1.82, 2.24) is 5.32 Å². The van der Waals surface area contributed by atoms with Gasteiger partial charge in [-0.3, -0.25) is 4.79 Å². The van der Waals surface area contributed by atoms with Crippen molar-refractivity contribution >= 4 is 29.1 Å². The van der Waals surface area contributed by atoms with Gasteiger partial charge >= 0.3 is 0 Å². The average Bonchev–Trinajstić information content (AvgIpc) is 2.97. The van der Waals surface area contributed by atoms with Crippen LogP contribution in [0.3, 0.4) is 0 Å². The van der Waals surface area contributed by atoms with E-state index in [1.54, 1.807) is 0 Å². The summed E-state index contributed by atoms with van der Waals surface area (Å²) in [6.07, 6.45) is 1.94. The van der Waals surface area contributed by atoms with Crippen molar-refractivity contribution in [2.75, 3.05) is 6.54 Å². The van der Waals surface area contributed by atoms with Crippen molar-refractivity contribution in [3.63, 3.8) is 0 Å². The standard InChI is InChI=1S/C21H21Cl2NO/c1-12-2-4-13(5-3-12)15-8-9-16-18(11-24-21(16)25)20(15)17-7-6-14(22)10-19(17)23/h2-7,10,15-16,18,20H,8-9,11H2,1H3,(H,24,25). The number of carbonyl (C=O) groups is 1. The normalized spacial score (nSPS) is 28.5. The van der Waals surface area contributed by atoms with Crippen LogP contribution in [-0.4, -0.2) is 12.5 Å². The average molecular weight is 374 g/mol. The molecule has 25 heavy (non-hydrogen) atoms. The third-order valence-electron chi connectivity index (χ3n) is 5.88. The van der Waals surface area contributed by atoms with Crippen LogP contribution in [-0.2, 0) is 4.79 Å². The molecule has 2 nitrogen and oxygen atoms in total. The largest absolute Gasteiger partial charge is 0.356 e. The van der Waals surface area contributed by atoms with Crippen LogP contribution in [0, 0.1) is 18.8 Å². The van der Waals surface area contributed by atoms with Crippen LogP contribution < -0.4 is 5.32 Å². The Morgan fingerprint density at radius 1 is 1.00 bits per heavy atom. The van der Waals surface area contributed by atoms with E-state index in [9.17, 15) is 4.79 Å². The zero-order valence-corrected chi connectivity index (χ0v) is 15.6. The zero-order valence-electron chi connectivity index (χ0n) is 14.1. The molecule has 1 saturated heterocycles. The summed E-state index contributed by atoms with van der Waals surface area (Å²) < 4.78 is 0. The van der Waals surface area contributed by atoms with Crippen LogP contribution in [0.15, 0.2) is 42.5 Å². The number of benzene rings is 2. The highest BCUT2D eigenvalue weighted by molar-refractivity contribution is 6.35. The molecule has 0 spiro atoms. The topological polar surface area (TPSA) is 29.1 Å². The molecule has 2 aromatic rings. The summed E-state index contributed by atoms with van der Waals surface area (Å²) in [5, 5.41) is 4.42. The molecule has 4 rings (SSSR count). The van der Waals surface area contributed by atoms with Gasteiger partial charge in [0, 0.05) is 22.5 Å². The van der Waals surface area contributed by atoms with Gasteiger partial charge in [-0.2, -0.15) is 0 Å². The van der Waals surface area contributed by atoms with Gasteiger partial charge in [0.15, 0.2) is 0 Å². The van der Waals surface area contributed by atoms with E-state index >= 15 is 0 Å². The summed E-state index contributed by atoms with van der Waals surface area (Å²) in [4.78, 5) is 12.2. The van der Waals surface area contributed by atoms with Crippen molar-refractivity contribution in [1.29, 1.82) is 0 Å². The van der Waals surface area contributed by atoms with Crippen molar-refractivity contribution in [2.45, 2.75) is 31.6 Å². The Hall–Kier alpha value is -1.51. The number of hydrogen-bond donors (Lipinski definition) is 1. The maximum Gasteiger partial charge on any atom is 0.223 e. The molecule has 0 bridgehead atoms. The SMILES string of the molecule is Cc1ccc(C2CCC3C(=O)NCC3C2c2ccc(Cl)cc2Cl)cc1. The predicted molar refractivity (Wildman–Crippen MR) is 102 cm³/mol. The van der Waals surface area contributed by atoms with Crippen LogP contribution in [0.2, 0.25) is 10.0 Å². The molecular weight excluding hydrogens is 353 g/mol. The van der Waals surface area contributed by atoms with Gasteiger partial charge in [-0.1, -0.05) is 59.1 Å². The van der Waals surface area contributed by atoms with Crippen LogP contribution in [0.1, 0.15) is 41.4 Å². The third-order valence-corrected chi connectivity index (χ3v) is 6.44. The summed E-state index contributed by atoms with van der Waals surface area (Å²) >= 11 is 12.7. The number of rotatable bonds is 2. The van der Waals surface area contributed by atoms with Gasteiger partial charge in [0.25, 0.3) is 0 Å². The van der Waals surface area contributed by atoms with Crippen molar-refractivity contribution < 1.29 is 4.79 Å². The third kappa shape index (κ3) is 3.07. The first-order valence-electron chi connectivity index (χ1n) is 8.84. The number of amides is 1. The van der Waals surface area contributed by atoms with Gasteiger partial charge in [0.05, 0.1) is 0 Å². The molecule has 2 aromatic carbocycles. The molecule has 130 valence electrons. The molecular formula is C21H21Cl2NO. The molecule has 1 aliphatic carbocycles. The van der Waals surface area contributed by atoms with Gasteiger partial charge < -0.3 is 5.32 Å². The molecule has 1 heterocycles. The number of halogens is 2. The second kappa shape index (κ2) is 6.66. The molecule has 2 fully saturated rings. The molecule has 1 amide bonds. The number of nitrogens with one attached hydrogen (secondary N) is 1. The monoisotopic (exact) mass is 373 g/mol. The maximum absolute atomic E-state index is 12.2. The first-order chi connectivity index (χ1) is 12.0. The Labute approximate surface area is 158 Å². The van der Waals surface area contributed by atoms with Crippen molar-refractivity contribution in [3.05, 3.63) is 69.2 Å². The van der Waals surface area contributed by atoms with E-state index in [2.05, 4.69) is 36.5 Å². The van der Waals surface area contributed by atoms with E-state index in [4.69, 9.17) is 23.2 Å². The molecule has 4 atom stereocenters. The van der Waals surface area contributed by atoms with E-state index < -0.39 is 0 Å². The highest BCUT2D eigenvalue weighted by Gasteiger charge is 2.47. The summed E-state index contributed by atoms with van der Waals surface area (Å²) in [6.45, 7) is 2.84. The Balaban J connectivity index is 1.79. The molecule has 4 unspecified atom stereocenters. The summed E-state index contributed by atoms with van der Waals surface area (Å²) in [7, 11) is 0. The van der Waals surface area contributed by atoms with Crippen LogP contribution in [0.4, 0.5) is 0 Å². The summed E-state index contributed by atoms with van der Waals surface area (Å²) in [6, 6.07) is 14.5. The molecule has 0 radical (unpaired) electrons. The predicted octanol–water partition coefficient (Wildman–Crippen LogP) is 5.33. The lowest BCUT2D eigenvalue weighted by Gasteiger charge is -2.40. The van der Waals surface area contributed by atoms with Crippen LogP contribution in [0.5, 0.6) is 0 Å². The molecule has 1 N–H and O–H groups in total. The van der Waals surface area contributed by atoms with Gasteiger partial charge in [0.2, 0.25) is 5.91 Å². The minimum absolute atomic E-state index is 0.0958. The first kappa shape index (κ1) is 16.9. The number of fused-ring (bicyclic) bond motifs is 1. The molecule has 2 aliphatic rings. The van der Waals surface area contributed by atoms with Crippen LogP contribution >= 0.6 is 23.2 Å². The second-order valence-electron chi connectivity index (χ2n) is 7.30. The number of aryl methyl sites for hydroxylation is 1. The van der Waals surface area contributed by atoms with E-state index in [-0.39, 0.29) is 23.7 Å². The minimum atomic E-state index is 0.0958. The van der Waals surface area contributed by atoms with E-state index in [0.29, 0.717) is 16.0 Å². The van der Waals surface area contributed by atoms with Gasteiger partial charge in [-0.05, 0) is 60.8 Å². The zero-order chi connectivity index (χ0) is 17.6. The Morgan fingerprint density at radius 2 is 1.72 bits per heavy atom. The molecule has 4 heteroatoms. The highest BCUT2D eigenvalue weighted by Crippen LogP contribution is 2.52. The lowest BCUT2D eigenvalue weighted by atomic mass is 9.63. The Kier molecular flexibility index (Phi) is 4.51. The van der Waals surface area contributed by atoms with Crippen molar-refractivity contribution in [3.8, 4) is 0 Å². The van der Waals surface area contributed by atoms with E-state index in [1.165, 1.54) is 11.1 Å². The van der Waals surface area contributed by atoms with E-state index in [0.717, 1.165) is 24.9 Å². The fraction of sp³-hybridized carbons (Fsp3) is 0.381. The summed E-state index contributed by atoms with van der Waals surface area (Å²) in [5.74, 6) is 1.17. The van der Waals surface area contributed by atoms with E-state index in [1.807, 2.05) is 18.2 Å². The Bertz CT molecular complexity index is 802.